The van der Waals surface area contributed by atoms with E-state index in [1.165, 1.54) is 16.0 Å². The van der Waals surface area contributed by atoms with E-state index in [4.69, 9.17) is 23.2 Å². The Morgan fingerprint density at radius 2 is 1.71 bits per heavy atom. The quantitative estimate of drug-likeness (QED) is 0.306. The van der Waals surface area contributed by atoms with Gasteiger partial charge in [-0.2, -0.15) is 0 Å². The van der Waals surface area contributed by atoms with Crippen LogP contribution in [0, 0.1) is 6.92 Å². The van der Waals surface area contributed by atoms with Gasteiger partial charge >= 0.3 is 0 Å². The van der Waals surface area contributed by atoms with Crippen LogP contribution < -0.4 is 0 Å². The molecule has 7 heteroatoms. The van der Waals surface area contributed by atoms with Gasteiger partial charge in [-0.25, -0.2) is 0 Å². The molecule has 0 unspecified atom stereocenters. The van der Waals surface area contributed by atoms with Crippen molar-refractivity contribution in [1.29, 1.82) is 0 Å². The number of thiophene rings is 1. The number of thioether (sulfide) groups is 1. The van der Waals surface area contributed by atoms with Crippen molar-refractivity contribution in [2.24, 2.45) is 7.05 Å². The molecule has 0 radical (unpaired) electrons. The monoisotopic (exact) mass is 445 g/mol. The van der Waals surface area contributed by atoms with Crippen molar-refractivity contribution in [3.63, 3.8) is 0 Å². The molecule has 2 aromatic carbocycles. The topological polar surface area (TPSA) is 30.7 Å². The van der Waals surface area contributed by atoms with E-state index in [1.54, 1.807) is 23.1 Å². The SMILES string of the molecule is Cc1scc(-c2nnc(SCc3c(Cl)cccc3Cl)n2C)c1-c1ccccc1. The van der Waals surface area contributed by atoms with Gasteiger partial charge in [-0.3, -0.25) is 0 Å². The zero-order valence-electron chi connectivity index (χ0n) is 15.3. The molecule has 0 aliphatic rings. The van der Waals surface area contributed by atoms with Gasteiger partial charge in [-0.15, -0.1) is 21.5 Å². The number of benzene rings is 2. The summed E-state index contributed by atoms with van der Waals surface area (Å²) in [7, 11) is 1.99. The van der Waals surface area contributed by atoms with Crippen molar-refractivity contribution in [3.05, 3.63) is 74.4 Å². The van der Waals surface area contributed by atoms with E-state index < -0.39 is 0 Å². The van der Waals surface area contributed by atoms with Crippen LogP contribution in [0.1, 0.15) is 10.4 Å². The Kier molecular flexibility index (Phi) is 5.78. The van der Waals surface area contributed by atoms with Crippen molar-refractivity contribution >= 4 is 46.3 Å². The van der Waals surface area contributed by atoms with E-state index in [1.807, 2.05) is 35.9 Å². The molecule has 28 heavy (non-hydrogen) atoms. The minimum Gasteiger partial charge on any atom is -0.305 e. The van der Waals surface area contributed by atoms with Gasteiger partial charge in [0, 0.05) is 44.2 Å². The zero-order valence-corrected chi connectivity index (χ0v) is 18.5. The first-order chi connectivity index (χ1) is 13.6. The number of aromatic nitrogens is 3. The molecule has 0 saturated carbocycles. The molecular formula is C21H17Cl2N3S2. The molecule has 3 nitrogen and oxygen atoms in total. The summed E-state index contributed by atoms with van der Waals surface area (Å²) in [6.07, 6.45) is 0. The summed E-state index contributed by atoms with van der Waals surface area (Å²) in [5, 5.41) is 13.2. The van der Waals surface area contributed by atoms with E-state index in [2.05, 4.69) is 46.8 Å². The lowest BCUT2D eigenvalue weighted by atomic mass is 10.0. The first-order valence-electron chi connectivity index (χ1n) is 8.65. The second-order valence-electron chi connectivity index (χ2n) is 6.30. The minimum absolute atomic E-state index is 0.638. The largest absolute Gasteiger partial charge is 0.305 e. The molecule has 0 bridgehead atoms. The summed E-state index contributed by atoms with van der Waals surface area (Å²) in [6.45, 7) is 2.14. The molecule has 4 aromatic rings. The summed E-state index contributed by atoms with van der Waals surface area (Å²) in [6, 6.07) is 16.0. The molecule has 0 saturated heterocycles. The van der Waals surface area contributed by atoms with Gasteiger partial charge in [-0.05, 0) is 30.2 Å². The first kappa shape index (κ1) is 19.5. The molecule has 2 heterocycles. The second kappa shape index (κ2) is 8.29. The van der Waals surface area contributed by atoms with Gasteiger partial charge in [0.25, 0.3) is 0 Å². The van der Waals surface area contributed by atoms with Crippen molar-refractivity contribution in [3.8, 4) is 22.5 Å². The minimum atomic E-state index is 0.638. The Balaban J connectivity index is 1.65. The highest BCUT2D eigenvalue weighted by Crippen LogP contribution is 2.39. The fraction of sp³-hybridized carbons (Fsp3) is 0.143. The van der Waals surface area contributed by atoms with Gasteiger partial charge in [0.1, 0.15) is 0 Å². The molecule has 0 atom stereocenters. The third kappa shape index (κ3) is 3.72. The van der Waals surface area contributed by atoms with Crippen molar-refractivity contribution < 1.29 is 0 Å². The summed E-state index contributed by atoms with van der Waals surface area (Å²) in [5.74, 6) is 1.49. The summed E-state index contributed by atoms with van der Waals surface area (Å²) >= 11 is 15.9. The van der Waals surface area contributed by atoms with E-state index >= 15 is 0 Å². The van der Waals surface area contributed by atoms with Crippen molar-refractivity contribution in [2.45, 2.75) is 17.8 Å². The Morgan fingerprint density at radius 3 is 2.43 bits per heavy atom. The lowest BCUT2D eigenvalue weighted by Crippen LogP contribution is -1.96. The maximum atomic E-state index is 6.29. The third-order valence-corrected chi connectivity index (χ3v) is 7.19. The van der Waals surface area contributed by atoms with Crippen LogP contribution >= 0.6 is 46.3 Å². The van der Waals surface area contributed by atoms with Crippen LogP contribution in [0.15, 0.2) is 59.1 Å². The molecule has 0 N–H and O–H groups in total. The second-order valence-corrected chi connectivity index (χ2v) is 9.14. The fourth-order valence-electron chi connectivity index (χ4n) is 3.06. The Bertz CT molecular complexity index is 1100. The van der Waals surface area contributed by atoms with E-state index in [0.29, 0.717) is 15.8 Å². The molecular weight excluding hydrogens is 429 g/mol. The molecule has 0 fully saturated rings. The highest BCUT2D eigenvalue weighted by molar-refractivity contribution is 7.98. The highest BCUT2D eigenvalue weighted by atomic mass is 35.5. The summed E-state index contributed by atoms with van der Waals surface area (Å²) < 4.78 is 2.03. The Labute approximate surface area is 182 Å². The van der Waals surface area contributed by atoms with Crippen molar-refractivity contribution in [2.75, 3.05) is 0 Å². The average Bonchev–Trinajstić information content (AvgIpc) is 3.24. The normalized spacial score (nSPS) is 11.1. The van der Waals surface area contributed by atoms with E-state index in [0.717, 1.165) is 22.1 Å². The number of hydrogen-bond donors (Lipinski definition) is 0. The Hall–Kier alpha value is -1.79. The van der Waals surface area contributed by atoms with Crippen LogP contribution in [0.2, 0.25) is 10.0 Å². The van der Waals surface area contributed by atoms with E-state index in [9.17, 15) is 0 Å². The van der Waals surface area contributed by atoms with Gasteiger partial charge in [0.05, 0.1) is 0 Å². The maximum Gasteiger partial charge on any atom is 0.191 e. The van der Waals surface area contributed by atoms with Crippen LogP contribution in [-0.4, -0.2) is 14.8 Å². The van der Waals surface area contributed by atoms with Crippen LogP contribution in [0.25, 0.3) is 22.5 Å². The average molecular weight is 446 g/mol. The van der Waals surface area contributed by atoms with Crippen LogP contribution in [0.4, 0.5) is 0 Å². The molecule has 0 spiro atoms. The van der Waals surface area contributed by atoms with Gasteiger partial charge < -0.3 is 4.57 Å². The standard InChI is InChI=1S/C21H17Cl2N3S2/c1-13-19(14-7-4-3-5-8-14)16(12-27-13)20-24-25-21(26(20)2)28-11-15-17(22)9-6-10-18(15)23/h3-10,12H,11H2,1-2H3. The van der Waals surface area contributed by atoms with Gasteiger partial charge in [-0.1, -0.05) is 71.4 Å². The number of hydrogen-bond acceptors (Lipinski definition) is 4. The van der Waals surface area contributed by atoms with Gasteiger partial charge in [0.15, 0.2) is 11.0 Å². The Morgan fingerprint density at radius 1 is 1.00 bits per heavy atom. The molecule has 142 valence electrons. The predicted octanol–water partition coefficient (Wildman–Crippen LogP) is 7.12. The van der Waals surface area contributed by atoms with E-state index in [-0.39, 0.29) is 0 Å². The van der Waals surface area contributed by atoms with Crippen LogP contribution in [0.5, 0.6) is 0 Å². The lowest BCUT2D eigenvalue weighted by Gasteiger charge is -2.08. The summed E-state index contributed by atoms with van der Waals surface area (Å²) in [4.78, 5) is 1.27. The molecule has 0 amide bonds. The highest BCUT2D eigenvalue weighted by Gasteiger charge is 2.19. The molecule has 4 rings (SSSR count). The maximum absolute atomic E-state index is 6.29. The number of nitrogens with zero attached hydrogens (tertiary/aromatic N) is 3. The fourth-order valence-corrected chi connectivity index (χ4v) is 5.58. The van der Waals surface area contributed by atoms with Crippen LogP contribution in [0.3, 0.4) is 0 Å². The number of rotatable bonds is 5. The first-order valence-corrected chi connectivity index (χ1v) is 11.3. The smallest absolute Gasteiger partial charge is 0.191 e. The molecule has 2 aromatic heterocycles. The zero-order chi connectivity index (χ0) is 19.7. The third-order valence-electron chi connectivity index (χ3n) is 4.52. The molecule has 0 aliphatic heterocycles. The van der Waals surface area contributed by atoms with Gasteiger partial charge in [0.2, 0.25) is 0 Å². The van der Waals surface area contributed by atoms with Crippen LogP contribution in [-0.2, 0) is 12.8 Å². The lowest BCUT2D eigenvalue weighted by molar-refractivity contribution is 0.794. The number of halogens is 2. The molecule has 0 aliphatic carbocycles. The predicted molar refractivity (Wildman–Crippen MR) is 121 cm³/mol. The summed E-state index contributed by atoms with van der Waals surface area (Å²) in [5.41, 5.74) is 4.42. The number of aryl methyl sites for hydroxylation is 1. The van der Waals surface area contributed by atoms with Crippen molar-refractivity contribution in [1.82, 2.24) is 14.8 Å².